The molecule has 0 saturated carbocycles. The Morgan fingerprint density at radius 3 is 2.60 bits per heavy atom. The molecule has 0 aromatic carbocycles. The summed E-state index contributed by atoms with van der Waals surface area (Å²) in [5.41, 5.74) is -1.70. The van der Waals surface area contributed by atoms with E-state index in [0.717, 1.165) is 7.11 Å². The van der Waals surface area contributed by atoms with Crippen LogP contribution in [0.15, 0.2) is 15.5 Å². The van der Waals surface area contributed by atoms with Crippen LogP contribution in [0.5, 0.6) is 0 Å². The number of hydrogen-bond donors (Lipinski definition) is 1. The fourth-order valence-electron chi connectivity index (χ4n) is 0.957. The molecule has 1 aromatic rings. The van der Waals surface area contributed by atoms with Crippen molar-refractivity contribution < 1.29 is 18.3 Å². The van der Waals surface area contributed by atoms with Crippen LogP contribution in [0.25, 0.3) is 0 Å². The van der Waals surface area contributed by atoms with Gasteiger partial charge in [0, 0.05) is 6.07 Å². The van der Waals surface area contributed by atoms with Crippen molar-refractivity contribution in [3.63, 3.8) is 0 Å². The van der Waals surface area contributed by atoms with E-state index in [1.807, 2.05) is 0 Å². The molecule has 0 saturated heterocycles. The second-order valence-electron chi connectivity index (χ2n) is 2.57. The molecule has 0 spiro atoms. The molecule has 0 aliphatic heterocycles. The maximum Gasteiger partial charge on any atom is 0.344 e. The van der Waals surface area contributed by atoms with E-state index in [2.05, 4.69) is 25.7 Å². The van der Waals surface area contributed by atoms with E-state index in [4.69, 9.17) is 0 Å². The van der Waals surface area contributed by atoms with Gasteiger partial charge in [0.25, 0.3) is 6.43 Å². The lowest BCUT2D eigenvalue weighted by Crippen LogP contribution is -2.18. The molecule has 0 bridgehead atoms. The zero-order chi connectivity index (χ0) is 11.6. The standard InChI is InChI=1S/C8H6BrF2NO3/c1-15-8(14)5-4(13)2-3(7(10)11)12-6(5)9/h2,7H,1H3,(H,12,13). The smallest absolute Gasteiger partial charge is 0.344 e. The van der Waals surface area contributed by atoms with Gasteiger partial charge in [-0.15, -0.1) is 0 Å². The van der Waals surface area contributed by atoms with Gasteiger partial charge in [-0.1, -0.05) is 0 Å². The molecule has 7 heteroatoms. The van der Waals surface area contributed by atoms with E-state index < -0.39 is 23.5 Å². The Labute approximate surface area is 91.4 Å². The summed E-state index contributed by atoms with van der Waals surface area (Å²) in [5, 5.41) is 0. The lowest BCUT2D eigenvalue weighted by molar-refractivity contribution is 0.0597. The van der Waals surface area contributed by atoms with Gasteiger partial charge in [0.2, 0.25) is 0 Å². The van der Waals surface area contributed by atoms with Crippen LogP contribution in [0, 0.1) is 0 Å². The fraction of sp³-hybridized carbons (Fsp3) is 0.250. The minimum atomic E-state index is -2.80. The van der Waals surface area contributed by atoms with E-state index >= 15 is 0 Å². The Balaban J connectivity index is 3.34. The zero-order valence-corrected chi connectivity index (χ0v) is 9.10. The Morgan fingerprint density at radius 1 is 1.60 bits per heavy atom. The minimum Gasteiger partial charge on any atom is -0.465 e. The van der Waals surface area contributed by atoms with E-state index in [-0.39, 0.29) is 10.2 Å². The molecule has 4 nitrogen and oxygen atoms in total. The quantitative estimate of drug-likeness (QED) is 0.665. The summed E-state index contributed by atoms with van der Waals surface area (Å²) < 4.78 is 28.7. The zero-order valence-electron chi connectivity index (χ0n) is 7.51. The number of aromatic nitrogens is 1. The molecule has 0 aliphatic carbocycles. The molecule has 0 atom stereocenters. The molecule has 0 amide bonds. The first-order valence-corrected chi connectivity index (χ1v) is 4.56. The lowest BCUT2D eigenvalue weighted by atomic mass is 10.2. The van der Waals surface area contributed by atoms with Crippen molar-refractivity contribution >= 4 is 21.9 Å². The second-order valence-corrected chi connectivity index (χ2v) is 3.36. The first kappa shape index (κ1) is 11.8. The molecule has 0 aliphatic rings. The van der Waals surface area contributed by atoms with Crippen molar-refractivity contribution in [2.75, 3.05) is 7.11 Å². The fourth-order valence-corrected chi connectivity index (χ4v) is 1.54. The largest absolute Gasteiger partial charge is 0.465 e. The summed E-state index contributed by atoms with van der Waals surface area (Å²) in [4.78, 5) is 24.6. The number of carbonyl (C=O) groups excluding carboxylic acids is 1. The first-order valence-electron chi connectivity index (χ1n) is 3.76. The van der Waals surface area contributed by atoms with Crippen molar-refractivity contribution in [2.45, 2.75) is 6.43 Å². The first-order chi connectivity index (χ1) is 6.97. The number of rotatable bonds is 2. The molecule has 15 heavy (non-hydrogen) atoms. The highest BCUT2D eigenvalue weighted by molar-refractivity contribution is 9.10. The number of esters is 1. The van der Waals surface area contributed by atoms with Gasteiger partial charge in [0.05, 0.1) is 12.8 Å². The van der Waals surface area contributed by atoms with E-state index in [0.29, 0.717) is 6.07 Å². The summed E-state index contributed by atoms with van der Waals surface area (Å²) in [6.45, 7) is 0. The van der Waals surface area contributed by atoms with E-state index in [9.17, 15) is 18.4 Å². The van der Waals surface area contributed by atoms with Crippen LogP contribution in [0.2, 0.25) is 0 Å². The highest BCUT2D eigenvalue weighted by atomic mass is 79.9. The molecular formula is C8H6BrF2NO3. The number of H-pyrrole nitrogens is 1. The molecule has 1 aromatic heterocycles. The van der Waals surface area contributed by atoms with Crippen LogP contribution in [0.3, 0.4) is 0 Å². The number of halogens is 3. The summed E-state index contributed by atoms with van der Waals surface area (Å²) in [6, 6.07) is 0.668. The average Bonchev–Trinajstić information content (AvgIpc) is 2.16. The van der Waals surface area contributed by atoms with Crippen LogP contribution in [-0.4, -0.2) is 18.1 Å². The van der Waals surface area contributed by atoms with Crippen molar-refractivity contribution in [2.24, 2.45) is 0 Å². The SMILES string of the molecule is COC(=O)c1c(Br)[nH]c(C(F)F)cc1=O. The summed E-state index contributed by atoms with van der Waals surface area (Å²) in [7, 11) is 1.09. The molecular weight excluding hydrogens is 276 g/mol. The highest BCUT2D eigenvalue weighted by Crippen LogP contribution is 2.19. The Hall–Kier alpha value is -1.24. The third kappa shape index (κ3) is 2.41. The monoisotopic (exact) mass is 281 g/mol. The number of pyridine rings is 1. The van der Waals surface area contributed by atoms with Crippen molar-refractivity contribution in [1.82, 2.24) is 4.98 Å². The van der Waals surface area contributed by atoms with Crippen LogP contribution in [0.4, 0.5) is 8.78 Å². The number of aromatic amines is 1. The van der Waals surface area contributed by atoms with Gasteiger partial charge in [0.15, 0.2) is 5.43 Å². The second kappa shape index (κ2) is 4.52. The molecule has 1 rings (SSSR count). The minimum absolute atomic E-state index is 0.114. The maximum atomic E-state index is 12.2. The van der Waals surface area contributed by atoms with Gasteiger partial charge in [-0.2, -0.15) is 0 Å². The van der Waals surface area contributed by atoms with Gasteiger partial charge in [0.1, 0.15) is 10.2 Å². The molecule has 0 unspecified atom stereocenters. The summed E-state index contributed by atoms with van der Waals surface area (Å²) in [5.74, 6) is -0.885. The van der Waals surface area contributed by atoms with Gasteiger partial charge in [-0.3, -0.25) is 4.79 Å². The van der Waals surface area contributed by atoms with Crippen LogP contribution < -0.4 is 5.43 Å². The lowest BCUT2D eigenvalue weighted by Gasteiger charge is -2.04. The Kier molecular flexibility index (Phi) is 3.57. The molecule has 1 N–H and O–H groups in total. The van der Waals surface area contributed by atoms with Gasteiger partial charge >= 0.3 is 5.97 Å². The van der Waals surface area contributed by atoms with Gasteiger partial charge < -0.3 is 9.72 Å². The van der Waals surface area contributed by atoms with E-state index in [1.54, 1.807) is 0 Å². The maximum absolute atomic E-state index is 12.2. The van der Waals surface area contributed by atoms with Crippen molar-refractivity contribution in [1.29, 1.82) is 0 Å². The third-order valence-electron chi connectivity index (χ3n) is 1.63. The molecule has 1 heterocycles. The topological polar surface area (TPSA) is 59.2 Å². The summed E-state index contributed by atoms with van der Waals surface area (Å²) in [6.07, 6.45) is -2.80. The van der Waals surface area contributed by atoms with Crippen LogP contribution in [-0.2, 0) is 4.74 Å². The number of methoxy groups -OCH3 is 1. The summed E-state index contributed by atoms with van der Waals surface area (Å²) >= 11 is 2.82. The van der Waals surface area contributed by atoms with Crippen LogP contribution in [0.1, 0.15) is 22.5 Å². The highest BCUT2D eigenvalue weighted by Gasteiger charge is 2.19. The van der Waals surface area contributed by atoms with Crippen LogP contribution >= 0.6 is 15.9 Å². The average molecular weight is 282 g/mol. The normalized spacial score (nSPS) is 10.5. The molecule has 0 radical (unpaired) electrons. The number of carbonyl (C=O) groups is 1. The predicted octanol–water partition coefficient (Wildman–Crippen LogP) is 1.86. The van der Waals surface area contributed by atoms with Gasteiger partial charge in [-0.25, -0.2) is 13.6 Å². The Morgan fingerprint density at radius 2 is 2.20 bits per heavy atom. The number of ether oxygens (including phenoxy) is 1. The Bertz CT molecular complexity index is 444. The van der Waals surface area contributed by atoms with Crippen molar-refractivity contribution in [3.8, 4) is 0 Å². The van der Waals surface area contributed by atoms with Crippen molar-refractivity contribution in [3.05, 3.63) is 32.2 Å². The van der Waals surface area contributed by atoms with Gasteiger partial charge in [-0.05, 0) is 15.9 Å². The van der Waals surface area contributed by atoms with E-state index in [1.165, 1.54) is 0 Å². The number of alkyl halides is 2. The molecule has 0 fully saturated rings. The molecule has 82 valence electrons. The number of nitrogens with one attached hydrogen (secondary N) is 1. The third-order valence-corrected chi connectivity index (χ3v) is 2.23. The predicted molar refractivity (Wildman–Crippen MR) is 51.1 cm³/mol. The number of hydrogen-bond acceptors (Lipinski definition) is 3.